The van der Waals surface area contributed by atoms with Crippen LogP contribution in [0.25, 0.3) is 0 Å². The van der Waals surface area contributed by atoms with Crippen LogP contribution in [-0.4, -0.2) is 32.8 Å². The number of amides is 2. The van der Waals surface area contributed by atoms with Gasteiger partial charge in [-0.1, -0.05) is 17.2 Å². The Kier molecular flexibility index (Phi) is 3.28. The van der Waals surface area contributed by atoms with Gasteiger partial charge in [0, 0.05) is 5.92 Å². The van der Waals surface area contributed by atoms with Crippen molar-refractivity contribution in [3.8, 4) is 0 Å². The summed E-state index contributed by atoms with van der Waals surface area (Å²) in [6.45, 7) is 1.51. The van der Waals surface area contributed by atoms with Crippen LogP contribution in [0.1, 0.15) is 61.4 Å². The number of nitrogens with zero attached hydrogens (tertiary/aromatic N) is 2. The second-order valence-corrected chi connectivity index (χ2v) is 6.01. The van der Waals surface area contributed by atoms with E-state index >= 15 is 0 Å². The molecule has 1 fully saturated rings. The van der Waals surface area contributed by atoms with E-state index in [0.29, 0.717) is 10.9 Å². The number of benzene rings is 1. The zero-order valence-electron chi connectivity index (χ0n) is 13.2. The molecule has 0 bridgehead atoms. The summed E-state index contributed by atoms with van der Waals surface area (Å²) in [5.41, 5.74) is -0.467. The maximum Gasteiger partial charge on any atom is 0.371 e. The first-order valence-corrected chi connectivity index (χ1v) is 7.78. The highest BCUT2D eigenvalue weighted by atomic mass is 16.7. The molecule has 1 aliphatic carbocycles. The van der Waals surface area contributed by atoms with Crippen molar-refractivity contribution in [2.75, 3.05) is 0 Å². The average molecular weight is 339 g/mol. The first-order valence-electron chi connectivity index (χ1n) is 7.78. The van der Waals surface area contributed by atoms with Crippen molar-refractivity contribution in [1.29, 1.82) is 0 Å². The molecule has 0 radical (unpaired) electrons. The Bertz CT molecular complexity index is 955. The van der Waals surface area contributed by atoms with E-state index in [2.05, 4.69) is 9.97 Å². The third-order valence-corrected chi connectivity index (χ3v) is 4.22. The molecular formula is C17H13N3O5. The highest BCUT2D eigenvalue weighted by Gasteiger charge is 2.39. The quantitative estimate of drug-likeness (QED) is 0.845. The Morgan fingerprint density at radius 1 is 1.16 bits per heavy atom. The summed E-state index contributed by atoms with van der Waals surface area (Å²) in [6, 6.07) is 6.14. The molecule has 2 amide bonds. The van der Waals surface area contributed by atoms with Crippen molar-refractivity contribution in [2.24, 2.45) is 0 Å². The summed E-state index contributed by atoms with van der Waals surface area (Å²) < 4.78 is 0. The summed E-state index contributed by atoms with van der Waals surface area (Å²) in [4.78, 5) is 60.7. The third-order valence-electron chi connectivity index (χ3n) is 4.22. The lowest BCUT2D eigenvalue weighted by Gasteiger charge is -2.13. The standard InChI is InChI=1S/C17H13N3O5/c1-8-12(14(21)19-13(18-8)9-6-7-9)17(24)25-20-15(22)10-4-2-3-5-11(10)16(20)23/h2-5,9H,6-7H2,1H3,(H,18,19,21). The van der Waals surface area contributed by atoms with E-state index in [9.17, 15) is 19.2 Å². The number of carbonyl (C=O) groups is 3. The number of hydrogen-bond acceptors (Lipinski definition) is 6. The number of hydrogen-bond donors (Lipinski definition) is 1. The van der Waals surface area contributed by atoms with Gasteiger partial charge in [-0.3, -0.25) is 14.4 Å². The van der Waals surface area contributed by atoms with Gasteiger partial charge in [0.05, 0.1) is 16.8 Å². The van der Waals surface area contributed by atoms with Gasteiger partial charge in [0.1, 0.15) is 11.4 Å². The van der Waals surface area contributed by atoms with E-state index in [0.717, 1.165) is 12.8 Å². The van der Waals surface area contributed by atoms with E-state index in [1.54, 1.807) is 12.1 Å². The van der Waals surface area contributed by atoms with Crippen LogP contribution in [0.2, 0.25) is 0 Å². The smallest absolute Gasteiger partial charge is 0.324 e. The first kappa shape index (κ1) is 15.3. The molecule has 2 aliphatic rings. The second-order valence-electron chi connectivity index (χ2n) is 6.01. The van der Waals surface area contributed by atoms with Crippen molar-refractivity contribution in [3.63, 3.8) is 0 Å². The number of carbonyl (C=O) groups excluding carboxylic acids is 3. The molecule has 126 valence electrons. The minimum atomic E-state index is -1.09. The fourth-order valence-corrected chi connectivity index (χ4v) is 2.78. The molecule has 4 rings (SSSR count). The predicted molar refractivity (Wildman–Crippen MR) is 83.9 cm³/mol. The molecule has 1 aromatic carbocycles. The van der Waals surface area contributed by atoms with Crippen LogP contribution in [0, 0.1) is 6.92 Å². The SMILES string of the molecule is Cc1nc(C2CC2)[nH]c(=O)c1C(=O)ON1C(=O)c2ccccc2C1=O. The lowest BCUT2D eigenvalue weighted by atomic mass is 10.1. The molecule has 2 heterocycles. The van der Waals surface area contributed by atoms with Crippen molar-refractivity contribution in [1.82, 2.24) is 15.0 Å². The summed E-state index contributed by atoms with van der Waals surface area (Å²) in [7, 11) is 0. The Balaban J connectivity index is 1.62. The largest absolute Gasteiger partial charge is 0.371 e. The van der Waals surface area contributed by atoms with E-state index in [1.807, 2.05) is 0 Å². The fourth-order valence-electron chi connectivity index (χ4n) is 2.78. The zero-order valence-corrected chi connectivity index (χ0v) is 13.2. The molecule has 1 aliphatic heterocycles. The summed E-state index contributed by atoms with van der Waals surface area (Å²) in [5, 5.41) is 0.376. The monoisotopic (exact) mass is 339 g/mol. The number of nitrogens with one attached hydrogen (secondary N) is 1. The normalized spacial score (nSPS) is 16.1. The molecule has 8 nitrogen and oxygen atoms in total. The van der Waals surface area contributed by atoms with E-state index < -0.39 is 23.3 Å². The molecule has 1 aromatic heterocycles. The second kappa shape index (κ2) is 5.37. The molecule has 1 saturated carbocycles. The van der Waals surface area contributed by atoms with Crippen molar-refractivity contribution < 1.29 is 19.2 Å². The van der Waals surface area contributed by atoms with Crippen molar-refractivity contribution >= 4 is 17.8 Å². The molecule has 0 unspecified atom stereocenters. The average Bonchev–Trinajstić information content (AvgIpc) is 3.40. The number of aryl methyl sites for hydroxylation is 1. The molecule has 25 heavy (non-hydrogen) atoms. The molecule has 2 aromatic rings. The van der Waals surface area contributed by atoms with Crippen LogP contribution in [0.5, 0.6) is 0 Å². The van der Waals surface area contributed by atoms with E-state index in [1.165, 1.54) is 19.1 Å². The van der Waals surface area contributed by atoms with Gasteiger partial charge in [0.15, 0.2) is 0 Å². The Labute approximate surface area is 141 Å². The van der Waals surface area contributed by atoms with Crippen LogP contribution < -0.4 is 5.56 Å². The number of rotatable bonds is 3. The number of imide groups is 1. The van der Waals surface area contributed by atoms with Crippen molar-refractivity contribution in [3.05, 3.63) is 62.8 Å². The third kappa shape index (κ3) is 2.42. The number of aromatic nitrogens is 2. The molecule has 0 atom stereocenters. The Morgan fingerprint density at radius 3 is 2.28 bits per heavy atom. The minimum absolute atomic E-state index is 0.146. The van der Waals surface area contributed by atoms with E-state index in [-0.39, 0.29) is 28.3 Å². The molecule has 8 heteroatoms. The number of aromatic amines is 1. The lowest BCUT2D eigenvalue weighted by Crippen LogP contribution is -2.35. The molecule has 0 spiro atoms. The van der Waals surface area contributed by atoms with Gasteiger partial charge in [-0.2, -0.15) is 0 Å². The van der Waals surface area contributed by atoms with E-state index in [4.69, 9.17) is 4.84 Å². The van der Waals surface area contributed by atoms with Crippen LogP contribution in [0.4, 0.5) is 0 Å². The van der Waals surface area contributed by atoms with Crippen molar-refractivity contribution in [2.45, 2.75) is 25.7 Å². The van der Waals surface area contributed by atoms with Crippen LogP contribution in [-0.2, 0) is 4.84 Å². The highest BCUT2D eigenvalue weighted by Crippen LogP contribution is 2.37. The maximum absolute atomic E-state index is 12.4. The highest BCUT2D eigenvalue weighted by molar-refractivity contribution is 6.21. The van der Waals surface area contributed by atoms with Gasteiger partial charge in [-0.15, -0.1) is 0 Å². The zero-order chi connectivity index (χ0) is 17.7. The summed E-state index contributed by atoms with van der Waals surface area (Å²) >= 11 is 0. The topological polar surface area (TPSA) is 109 Å². The number of H-pyrrole nitrogens is 1. The van der Waals surface area contributed by atoms with Gasteiger partial charge in [-0.05, 0) is 31.9 Å². The van der Waals surface area contributed by atoms with Gasteiger partial charge < -0.3 is 9.82 Å². The Hall–Kier alpha value is -3.29. The lowest BCUT2D eigenvalue weighted by molar-refractivity contribution is -0.0586. The first-order chi connectivity index (χ1) is 12.0. The van der Waals surface area contributed by atoms with Gasteiger partial charge in [0.25, 0.3) is 17.4 Å². The summed E-state index contributed by atoms with van der Waals surface area (Å²) in [6.07, 6.45) is 1.89. The molecular weight excluding hydrogens is 326 g/mol. The minimum Gasteiger partial charge on any atom is -0.324 e. The maximum atomic E-state index is 12.4. The Morgan fingerprint density at radius 2 is 1.76 bits per heavy atom. The number of fused-ring (bicyclic) bond motifs is 1. The fraction of sp³-hybridized carbons (Fsp3) is 0.235. The summed E-state index contributed by atoms with van der Waals surface area (Å²) in [5.74, 6) is -1.83. The van der Waals surface area contributed by atoms with Crippen LogP contribution in [0.3, 0.4) is 0 Å². The van der Waals surface area contributed by atoms with Gasteiger partial charge in [0.2, 0.25) is 0 Å². The molecule has 1 N–H and O–H groups in total. The van der Waals surface area contributed by atoms with Crippen LogP contribution >= 0.6 is 0 Å². The van der Waals surface area contributed by atoms with Crippen LogP contribution in [0.15, 0.2) is 29.1 Å². The predicted octanol–water partition coefficient (Wildman–Crippen LogP) is 1.32. The van der Waals surface area contributed by atoms with Gasteiger partial charge in [-0.25, -0.2) is 9.78 Å². The molecule has 0 saturated heterocycles. The number of hydroxylamine groups is 2. The van der Waals surface area contributed by atoms with Gasteiger partial charge >= 0.3 is 5.97 Å².